The van der Waals surface area contributed by atoms with Crippen LogP contribution in [0.15, 0.2) is 83.9 Å². The van der Waals surface area contributed by atoms with E-state index >= 15 is 0 Å². The summed E-state index contributed by atoms with van der Waals surface area (Å²) in [7, 11) is 0. The summed E-state index contributed by atoms with van der Waals surface area (Å²) in [5, 5.41) is 10.7. The van der Waals surface area contributed by atoms with Gasteiger partial charge in [-0.25, -0.2) is 4.99 Å². The number of rotatable bonds is 2. The topological polar surface area (TPSA) is 49.7 Å². The van der Waals surface area contributed by atoms with Crippen LogP contribution in [0.2, 0.25) is 0 Å². The Morgan fingerprint density at radius 1 is 0.913 bits per heavy atom. The maximum atomic E-state index is 11.0. The number of benzene rings is 2. The van der Waals surface area contributed by atoms with Gasteiger partial charge >= 0.3 is 0 Å². The normalized spacial score (nSPS) is 19.7. The van der Waals surface area contributed by atoms with Crippen molar-refractivity contribution in [2.24, 2.45) is 4.99 Å². The highest BCUT2D eigenvalue weighted by atomic mass is 16.3. The molecule has 0 radical (unpaired) electrons. The Morgan fingerprint density at radius 2 is 1.48 bits per heavy atom. The first-order valence-electron chi connectivity index (χ1n) is 7.43. The van der Waals surface area contributed by atoms with Crippen molar-refractivity contribution < 1.29 is 9.90 Å². The number of hydrogen-bond acceptors (Lipinski definition) is 2. The van der Waals surface area contributed by atoms with Crippen molar-refractivity contribution in [1.29, 1.82) is 0 Å². The minimum Gasteiger partial charge on any atom is -0.377 e. The third-order valence-electron chi connectivity index (χ3n) is 3.76. The second-order valence-electron chi connectivity index (χ2n) is 5.49. The highest BCUT2D eigenvalue weighted by Gasteiger charge is 2.25. The zero-order chi connectivity index (χ0) is 16.3. The number of aliphatic imine (C=N–C) groups is 1. The molecule has 1 aliphatic rings. The maximum Gasteiger partial charge on any atom is 0.243 e. The molecule has 1 amide bonds. The van der Waals surface area contributed by atoms with Crippen molar-refractivity contribution in [3.63, 3.8) is 0 Å². The molecule has 1 N–H and O–H groups in total. The predicted molar refractivity (Wildman–Crippen MR) is 92.2 cm³/mol. The van der Waals surface area contributed by atoms with Gasteiger partial charge in [-0.2, -0.15) is 0 Å². The Kier molecular flexibility index (Phi) is 4.04. The minimum atomic E-state index is -1.18. The smallest absolute Gasteiger partial charge is 0.243 e. The SMILES string of the molecule is CC(=O)N=C1C=CC(O)(c2ccc(-c3ccccc3)cc2)C=C1. The number of hydrogen-bond donors (Lipinski definition) is 1. The predicted octanol–water partition coefficient (Wildman–Crippen LogP) is 3.65. The summed E-state index contributed by atoms with van der Waals surface area (Å²) >= 11 is 0. The largest absolute Gasteiger partial charge is 0.377 e. The maximum absolute atomic E-state index is 11.0. The van der Waals surface area contributed by atoms with Crippen molar-refractivity contribution >= 4 is 11.6 Å². The molecule has 3 rings (SSSR count). The molecule has 0 aliphatic heterocycles. The van der Waals surface area contributed by atoms with Crippen LogP contribution < -0.4 is 0 Å². The first kappa shape index (κ1) is 15.1. The average Bonchev–Trinajstić information content (AvgIpc) is 2.58. The van der Waals surface area contributed by atoms with E-state index in [0.717, 1.165) is 16.7 Å². The van der Waals surface area contributed by atoms with Crippen molar-refractivity contribution in [1.82, 2.24) is 0 Å². The molecule has 0 heterocycles. The van der Waals surface area contributed by atoms with Gasteiger partial charge in [0.15, 0.2) is 0 Å². The molecule has 0 spiro atoms. The van der Waals surface area contributed by atoms with Crippen LogP contribution in [-0.2, 0) is 10.4 Å². The van der Waals surface area contributed by atoms with Crippen LogP contribution in [-0.4, -0.2) is 16.7 Å². The highest BCUT2D eigenvalue weighted by molar-refractivity contribution is 6.10. The fraction of sp³-hybridized carbons (Fsp3) is 0.100. The highest BCUT2D eigenvalue weighted by Crippen LogP contribution is 2.29. The van der Waals surface area contributed by atoms with E-state index in [1.807, 2.05) is 42.5 Å². The quantitative estimate of drug-likeness (QED) is 0.920. The molecule has 0 saturated heterocycles. The van der Waals surface area contributed by atoms with E-state index in [1.54, 1.807) is 24.3 Å². The van der Waals surface area contributed by atoms with E-state index in [-0.39, 0.29) is 5.91 Å². The van der Waals surface area contributed by atoms with E-state index in [4.69, 9.17) is 0 Å². The third kappa shape index (κ3) is 3.35. The van der Waals surface area contributed by atoms with Crippen LogP contribution in [0, 0.1) is 0 Å². The van der Waals surface area contributed by atoms with Crippen LogP contribution in [0.5, 0.6) is 0 Å². The lowest BCUT2D eigenvalue weighted by atomic mass is 9.88. The molecule has 0 fully saturated rings. The van der Waals surface area contributed by atoms with E-state index < -0.39 is 5.60 Å². The van der Waals surface area contributed by atoms with Gasteiger partial charge in [-0.05, 0) is 41.0 Å². The number of carbonyl (C=O) groups excluding carboxylic acids is 1. The molecule has 3 heteroatoms. The summed E-state index contributed by atoms with van der Waals surface area (Å²) in [5.41, 5.74) is 2.37. The zero-order valence-corrected chi connectivity index (χ0v) is 12.8. The molecule has 2 aromatic carbocycles. The molecule has 2 aromatic rings. The van der Waals surface area contributed by atoms with Gasteiger partial charge in [0, 0.05) is 6.92 Å². The van der Waals surface area contributed by atoms with Crippen LogP contribution in [0.1, 0.15) is 12.5 Å². The Labute approximate surface area is 135 Å². The Morgan fingerprint density at radius 3 is 2.04 bits per heavy atom. The molecule has 23 heavy (non-hydrogen) atoms. The molecule has 114 valence electrons. The van der Waals surface area contributed by atoms with Gasteiger partial charge in [0.2, 0.25) is 5.91 Å². The van der Waals surface area contributed by atoms with Gasteiger partial charge < -0.3 is 5.11 Å². The molecule has 0 saturated carbocycles. The third-order valence-corrected chi connectivity index (χ3v) is 3.76. The Balaban J connectivity index is 1.86. The number of aliphatic hydroxyl groups is 1. The summed E-state index contributed by atoms with van der Waals surface area (Å²) in [4.78, 5) is 14.8. The molecule has 0 unspecified atom stereocenters. The van der Waals surface area contributed by atoms with Crippen LogP contribution in [0.25, 0.3) is 11.1 Å². The monoisotopic (exact) mass is 303 g/mol. The summed E-state index contributed by atoms with van der Waals surface area (Å²) in [6.45, 7) is 1.40. The van der Waals surface area contributed by atoms with Gasteiger partial charge in [-0.1, -0.05) is 54.6 Å². The van der Waals surface area contributed by atoms with Crippen molar-refractivity contribution in [3.05, 3.63) is 84.5 Å². The van der Waals surface area contributed by atoms with Crippen LogP contribution >= 0.6 is 0 Å². The summed E-state index contributed by atoms with van der Waals surface area (Å²) < 4.78 is 0. The van der Waals surface area contributed by atoms with Crippen LogP contribution in [0.4, 0.5) is 0 Å². The first-order valence-corrected chi connectivity index (χ1v) is 7.43. The fourth-order valence-corrected chi connectivity index (χ4v) is 2.55. The van der Waals surface area contributed by atoms with Crippen molar-refractivity contribution in [3.8, 4) is 11.1 Å². The second kappa shape index (κ2) is 6.15. The Hall–Kier alpha value is -2.78. The molecule has 0 aromatic heterocycles. The lowest BCUT2D eigenvalue weighted by Gasteiger charge is -2.24. The summed E-state index contributed by atoms with van der Waals surface area (Å²) in [6, 6.07) is 17.9. The van der Waals surface area contributed by atoms with Crippen LogP contribution in [0.3, 0.4) is 0 Å². The number of nitrogens with zero attached hydrogens (tertiary/aromatic N) is 1. The molecule has 1 aliphatic carbocycles. The van der Waals surface area contributed by atoms with Gasteiger partial charge in [0.05, 0.1) is 5.71 Å². The molecule has 3 nitrogen and oxygen atoms in total. The summed E-state index contributed by atoms with van der Waals surface area (Å²) in [6.07, 6.45) is 6.61. The van der Waals surface area contributed by atoms with Crippen molar-refractivity contribution in [2.45, 2.75) is 12.5 Å². The zero-order valence-electron chi connectivity index (χ0n) is 12.8. The number of allylic oxidation sites excluding steroid dienone is 2. The van der Waals surface area contributed by atoms with Gasteiger partial charge in [-0.3, -0.25) is 4.79 Å². The number of carbonyl (C=O) groups is 1. The van der Waals surface area contributed by atoms with E-state index in [9.17, 15) is 9.90 Å². The van der Waals surface area contributed by atoms with Gasteiger partial charge in [-0.15, -0.1) is 0 Å². The molecule has 0 bridgehead atoms. The van der Waals surface area contributed by atoms with Crippen molar-refractivity contribution in [2.75, 3.05) is 0 Å². The minimum absolute atomic E-state index is 0.257. The molecule has 0 atom stereocenters. The molecular weight excluding hydrogens is 286 g/mol. The Bertz CT molecular complexity index is 783. The van der Waals surface area contributed by atoms with Gasteiger partial charge in [0.25, 0.3) is 0 Å². The lowest BCUT2D eigenvalue weighted by molar-refractivity contribution is -0.115. The average molecular weight is 303 g/mol. The number of amides is 1. The second-order valence-corrected chi connectivity index (χ2v) is 5.49. The van der Waals surface area contributed by atoms with E-state index in [1.165, 1.54) is 6.92 Å². The first-order chi connectivity index (χ1) is 11.1. The van der Waals surface area contributed by atoms with Gasteiger partial charge in [0.1, 0.15) is 5.60 Å². The lowest BCUT2D eigenvalue weighted by Crippen LogP contribution is -2.23. The van der Waals surface area contributed by atoms with E-state index in [2.05, 4.69) is 17.1 Å². The van der Waals surface area contributed by atoms with E-state index in [0.29, 0.717) is 5.71 Å². The fourth-order valence-electron chi connectivity index (χ4n) is 2.55. The standard InChI is InChI=1S/C20H17NO2/c1-15(22)21-19-11-13-20(23,14-12-19)18-9-7-17(8-10-18)16-5-3-2-4-6-16/h2-14,23H,1H3. The molecular formula is C20H17NO2. The summed E-state index contributed by atoms with van der Waals surface area (Å²) in [5.74, 6) is -0.257.